The summed E-state index contributed by atoms with van der Waals surface area (Å²) in [5, 5.41) is 8.92. The lowest BCUT2D eigenvalue weighted by Crippen LogP contribution is -1.91. The van der Waals surface area contributed by atoms with Crippen LogP contribution in [0.1, 0.15) is 30.9 Å². The van der Waals surface area contributed by atoms with Crippen molar-refractivity contribution in [1.29, 1.82) is 0 Å². The largest absolute Gasteiger partial charge is 0.439 e. The van der Waals surface area contributed by atoms with E-state index in [1.807, 2.05) is 12.1 Å². The van der Waals surface area contributed by atoms with E-state index in [2.05, 4.69) is 31.0 Å². The second kappa shape index (κ2) is 5.65. The van der Waals surface area contributed by atoms with Gasteiger partial charge in [-0.15, -0.1) is 0 Å². The Balaban J connectivity index is 2.08. The van der Waals surface area contributed by atoms with Crippen molar-refractivity contribution in [3.63, 3.8) is 0 Å². The molecule has 0 aliphatic heterocycles. The number of pyridine rings is 1. The zero-order valence-corrected chi connectivity index (χ0v) is 10.6. The third-order valence-corrected chi connectivity index (χ3v) is 2.75. The lowest BCUT2D eigenvalue weighted by Gasteiger charge is -2.08. The van der Waals surface area contributed by atoms with Crippen LogP contribution in [0.4, 0.5) is 0 Å². The van der Waals surface area contributed by atoms with Gasteiger partial charge in [0.05, 0.1) is 6.61 Å². The number of ether oxygens (including phenoxy) is 1. The molecule has 1 aromatic heterocycles. The molecule has 0 bridgehead atoms. The zero-order valence-electron chi connectivity index (χ0n) is 10.6. The van der Waals surface area contributed by atoms with Crippen molar-refractivity contribution in [3.05, 3.63) is 53.7 Å². The fourth-order valence-corrected chi connectivity index (χ4v) is 1.61. The van der Waals surface area contributed by atoms with Crippen LogP contribution in [0.2, 0.25) is 0 Å². The van der Waals surface area contributed by atoms with Crippen LogP contribution in [0.15, 0.2) is 42.6 Å². The first-order chi connectivity index (χ1) is 8.69. The Hall–Kier alpha value is -1.87. The van der Waals surface area contributed by atoms with E-state index in [-0.39, 0.29) is 6.61 Å². The molecule has 0 atom stereocenters. The number of rotatable bonds is 4. The van der Waals surface area contributed by atoms with Gasteiger partial charge in [0.25, 0.3) is 0 Å². The Morgan fingerprint density at radius 3 is 2.33 bits per heavy atom. The molecule has 0 fully saturated rings. The first-order valence-corrected chi connectivity index (χ1v) is 6.02. The highest BCUT2D eigenvalue weighted by Gasteiger charge is 2.01. The van der Waals surface area contributed by atoms with Gasteiger partial charge in [0.15, 0.2) is 0 Å². The van der Waals surface area contributed by atoms with Crippen LogP contribution in [0, 0.1) is 0 Å². The van der Waals surface area contributed by atoms with Crippen LogP contribution in [0.3, 0.4) is 0 Å². The molecule has 0 amide bonds. The Labute approximate surface area is 107 Å². The van der Waals surface area contributed by atoms with Crippen LogP contribution < -0.4 is 4.74 Å². The highest BCUT2D eigenvalue weighted by Crippen LogP contribution is 2.22. The van der Waals surface area contributed by atoms with E-state index in [0.717, 1.165) is 11.3 Å². The Morgan fingerprint density at radius 1 is 1.11 bits per heavy atom. The molecule has 2 aromatic rings. The molecule has 1 N–H and O–H groups in total. The van der Waals surface area contributed by atoms with Crippen molar-refractivity contribution in [3.8, 4) is 11.6 Å². The maximum Gasteiger partial charge on any atom is 0.219 e. The number of hydrogen-bond acceptors (Lipinski definition) is 3. The summed E-state index contributed by atoms with van der Waals surface area (Å²) in [6, 6.07) is 11.5. The highest BCUT2D eigenvalue weighted by atomic mass is 16.5. The average Bonchev–Trinajstić information content (AvgIpc) is 2.40. The van der Waals surface area contributed by atoms with Crippen LogP contribution in [-0.4, -0.2) is 10.1 Å². The van der Waals surface area contributed by atoms with E-state index in [4.69, 9.17) is 9.84 Å². The predicted molar refractivity (Wildman–Crippen MR) is 70.8 cm³/mol. The third kappa shape index (κ3) is 3.08. The van der Waals surface area contributed by atoms with Crippen molar-refractivity contribution in [1.82, 2.24) is 4.98 Å². The normalized spacial score (nSPS) is 10.7. The minimum atomic E-state index is -0.00361. The summed E-state index contributed by atoms with van der Waals surface area (Å²) in [6.07, 6.45) is 1.61. The van der Waals surface area contributed by atoms with Gasteiger partial charge in [0.2, 0.25) is 5.88 Å². The highest BCUT2D eigenvalue weighted by molar-refractivity contribution is 5.32. The molecule has 3 heteroatoms. The van der Waals surface area contributed by atoms with E-state index in [1.165, 1.54) is 5.56 Å². The Kier molecular flexibility index (Phi) is 3.95. The van der Waals surface area contributed by atoms with Crippen LogP contribution in [-0.2, 0) is 6.61 Å². The average molecular weight is 243 g/mol. The molecule has 1 heterocycles. The van der Waals surface area contributed by atoms with Crippen LogP contribution in [0.25, 0.3) is 0 Å². The van der Waals surface area contributed by atoms with E-state index >= 15 is 0 Å². The summed E-state index contributed by atoms with van der Waals surface area (Å²) < 4.78 is 5.62. The van der Waals surface area contributed by atoms with E-state index in [9.17, 15) is 0 Å². The molecule has 0 saturated carbocycles. The van der Waals surface area contributed by atoms with E-state index < -0.39 is 0 Å². The summed E-state index contributed by atoms with van der Waals surface area (Å²) in [5.74, 6) is 1.81. The van der Waals surface area contributed by atoms with Gasteiger partial charge >= 0.3 is 0 Å². The van der Waals surface area contributed by atoms with Crippen molar-refractivity contribution < 1.29 is 9.84 Å². The minimum Gasteiger partial charge on any atom is -0.439 e. The van der Waals surface area contributed by atoms with E-state index in [1.54, 1.807) is 18.3 Å². The maximum atomic E-state index is 8.92. The maximum absolute atomic E-state index is 8.92. The first-order valence-electron chi connectivity index (χ1n) is 6.02. The fraction of sp³-hybridized carbons (Fsp3) is 0.267. The molecule has 1 aromatic carbocycles. The van der Waals surface area contributed by atoms with Crippen LogP contribution in [0.5, 0.6) is 11.6 Å². The van der Waals surface area contributed by atoms with Gasteiger partial charge in [0, 0.05) is 12.3 Å². The molecule has 2 rings (SSSR count). The van der Waals surface area contributed by atoms with E-state index in [0.29, 0.717) is 11.8 Å². The molecule has 0 unspecified atom stereocenters. The van der Waals surface area contributed by atoms with Crippen LogP contribution >= 0.6 is 0 Å². The number of aliphatic hydroxyl groups excluding tert-OH is 1. The zero-order chi connectivity index (χ0) is 13.0. The van der Waals surface area contributed by atoms with Gasteiger partial charge in [-0.25, -0.2) is 4.98 Å². The summed E-state index contributed by atoms with van der Waals surface area (Å²) in [5.41, 5.74) is 2.06. The molecular weight excluding hydrogens is 226 g/mol. The molecule has 94 valence electrons. The van der Waals surface area contributed by atoms with Crippen molar-refractivity contribution in [2.24, 2.45) is 0 Å². The monoisotopic (exact) mass is 243 g/mol. The topological polar surface area (TPSA) is 42.4 Å². The summed E-state index contributed by atoms with van der Waals surface area (Å²) >= 11 is 0. The van der Waals surface area contributed by atoms with Crippen molar-refractivity contribution >= 4 is 0 Å². The van der Waals surface area contributed by atoms with Gasteiger partial charge in [-0.1, -0.05) is 26.0 Å². The number of aromatic nitrogens is 1. The molecule has 0 radical (unpaired) electrons. The fourth-order valence-electron chi connectivity index (χ4n) is 1.61. The quantitative estimate of drug-likeness (QED) is 0.893. The number of hydrogen-bond donors (Lipinski definition) is 1. The van der Waals surface area contributed by atoms with Crippen molar-refractivity contribution in [2.75, 3.05) is 0 Å². The minimum absolute atomic E-state index is 0.00361. The third-order valence-electron chi connectivity index (χ3n) is 2.75. The van der Waals surface area contributed by atoms with Gasteiger partial charge in [-0.05, 0) is 35.2 Å². The first kappa shape index (κ1) is 12.6. The molecular formula is C15H17NO2. The second-order valence-electron chi connectivity index (χ2n) is 4.49. The number of benzene rings is 1. The lowest BCUT2D eigenvalue weighted by atomic mass is 10.0. The lowest BCUT2D eigenvalue weighted by molar-refractivity contribution is 0.281. The van der Waals surface area contributed by atoms with Gasteiger partial charge in [-0.2, -0.15) is 0 Å². The number of nitrogens with zero attached hydrogens (tertiary/aromatic N) is 1. The molecule has 0 spiro atoms. The SMILES string of the molecule is CC(C)c1ccc(Oc2ccc(CO)cn2)cc1. The molecule has 0 aliphatic rings. The molecule has 0 saturated heterocycles. The van der Waals surface area contributed by atoms with Crippen molar-refractivity contribution in [2.45, 2.75) is 26.4 Å². The summed E-state index contributed by atoms with van der Waals surface area (Å²) in [6.45, 7) is 4.31. The summed E-state index contributed by atoms with van der Waals surface area (Å²) in [4.78, 5) is 4.12. The molecule has 0 aliphatic carbocycles. The standard InChI is InChI=1S/C15H17NO2/c1-11(2)13-4-6-14(7-5-13)18-15-8-3-12(10-17)9-16-15/h3-9,11,17H,10H2,1-2H3. The predicted octanol–water partition coefficient (Wildman–Crippen LogP) is 3.49. The smallest absolute Gasteiger partial charge is 0.219 e. The Bertz CT molecular complexity index is 489. The number of aliphatic hydroxyl groups is 1. The summed E-state index contributed by atoms with van der Waals surface area (Å²) in [7, 11) is 0. The van der Waals surface area contributed by atoms with Gasteiger partial charge in [0.1, 0.15) is 5.75 Å². The molecule has 18 heavy (non-hydrogen) atoms. The Morgan fingerprint density at radius 2 is 1.83 bits per heavy atom. The van der Waals surface area contributed by atoms with Gasteiger partial charge < -0.3 is 9.84 Å². The second-order valence-corrected chi connectivity index (χ2v) is 4.49. The van der Waals surface area contributed by atoms with Gasteiger partial charge in [-0.3, -0.25) is 0 Å². The molecule has 3 nitrogen and oxygen atoms in total.